The zero-order chi connectivity index (χ0) is 15.5. The van der Waals surface area contributed by atoms with E-state index in [-0.39, 0.29) is 17.0 Å². The van der Waals surface area contributed by atoms with Crippen molar-refractivity contribution in [2.24, 2.45) is 0 Å². The van der Waals surface area contributed by atoms with E-state index in [1.807, 2.05) is 0 Å². The van der Waals surface area contributed by atoms with E-state index in [9.17, 15) is 12.8 Å². The van der Waals surface area contributed by atoms with Crippen LogP contribution in [0.4, 0.5) is 4.39 Å². The van der Waals surface area contributed by atoms with Gasteiger partial charge in [0.15, 0.2) is 0 Å². The number of halogens is 1. The largest absolute Gasteiger partial charge is 0.381 e. The van der Waals surface area contributed by atoms with Gasteiger partial charge in [0, 0.05) is 19.7 Å². The number of nitrogens with one attached hydrogen (secondary N) is 2. The second-order valence-electron chi connectivity index (χ2n) is 5.27. The van der Waals surface area contributed by atoms with Crippen molar-refractivity contribution in [1.82, 2.24) is 10.0 Å². The predicted molar refractivity (Wildman–Crippen MR) is 77.9 cm³/mol. The summed E-state index contributed by atoms with van der Waals surface area (Å²) < 4.78 is 46.3. The molecule has 7 heteroatoms. The predicted octanol–water partition coefficient (Wildman–Crippen LogP) is 1.39. The van der Waals surface area contributed by atoms with E-state index in [2.05, 4.69) is 10.0 Å². The molecule has 2 unspecified atom stereocenters. The minimum atomic E-state index is -3.74. The Balaban J connectivity index is 2.21. The van der Waals surface area contributed by atoms with E-state index in [4.69, 9.17) is 4.74 Å². The molecule has 1 aliphatic rings. The third kappa shape index (κ3) is 4.00. The molecule has 0 heterocycles. The third-order valence-corrected chi connectivity index (χ3v) is 5.33. The summed E-state index contributed by atoms with van der Waals surface area (Å²) in [6.45, 7) is 0.363. The van der Waals surface area contributed by atoms with Crippen LogP contribution in [-0.2, 0) is 21.3 Å². The Hall–Kier alpha value is -1.02. The van der Waals surface area contributed by atoms with Gasteiger partial charge in [-0.25, -0.2) is 17.5 Å². The number of methoxy groups -OCH3 is 1. The first kappa shape index (κ1) is 16.4. The summed E-state index contributed by atoms with van der Waals surface area (Å²) in [6.07, 6.45) is 2.29. The van der Waals surface area contributed by atoms with E-state index < -0.39 is 15.8 Å². The van der Waals surface area contributed by atoms with Crippen molar-refractivity contribution < 1.29 is 17.5 Å². The van der Waals surface area contributed by atoms with Crippen LogP contribution in [0.25, 0.3) is 0 Å². The van der Waals surface area contributed by atoms with Crippen LogP contribution in [-0.4, -0.2) is 34.7 Å². The molecule has 2 atom stereocenters. The van der Waals surface area contributed by atoms with Gasteiger partial charge in [0.05, 0.1) is 11.0 Å². The monoisotopic (exact) mass is 316 g/mol. The Morgan fingerprint density at radius 1 is 1.38 bits per heavy atom. The van der Waals surface area contributed by atoms with Crippen LogP contribution >= 0.6 is 0 Å². The number of hydrogen-bond donors (Lipinski definition) is 2. The van der Waals surface area contributed by atoms with Crippen LogP contribution in [0.15, 0.2) is 23.1 Å². The second kappa shape index (κ2) is 6.83. The molecule has 21 heavy (non-hydrogen) atoms. The van der Waals surface area contributed by atoms with Crippen LogP contribution < -0.4 is 10.0 Å². The van der Waals surface area contributed by atoms with Crippen molar-refractivity contribution in [2.45, 2.75) is 42.8 Å². The van der Waals surface area contributed by atoms with Gasteiger partial charge in [-0.3, -0.25) is 0 Å². The van der Waals surface area contributed by atoms with E-state index >= 15 is 0 Å². The van der Waals surface area contributed by atoms with Crippen molar-refractivity contribution in [3.05, 3.63) is 29.6 Å². The summed E-state index contributed by atoms with van der Waals surface area (Å²) in [7, 11) is -0.396. The number of hydrogen-bond acceptors (Lipinski definition) is 4. The normalized spacial score (nSPS) is 22.6. The molecule has 0 spiro atoms. The van der Waals surface area contributed by atoms with Gasteiger partial charge in [0.1, 0.15) is 5.82 Å². The van der Waals surface area contributed by atoms with Crippen LogP contribution in [0.1, 0.15) is 24.8 Å². The molecule has 5 nitrogen and oxygen atoms in total. The molecule has 1 aromatic carbocycles. The van der Waals surface area contributed by atoms with Crippen molar-refractivity contribution in [3.8, 4) is 0 Å². The first-order valence-corrected chi connectivity index (χ1v) is 8.42. The minimum Gasteiger partial charge on any atom is -0.381 e. The van der Waals surface area contributed by atoms with Gasteiger partial charge < -0.3 is 10.1 Å². The Morgan fingerprint density at radius 3 is 2.76 bits per heavy atom. The topological polar surface area (TPSA) is 67.4 Å². The number of benzene rings is 1. The number of rotatable bonds is 6. The molecule has 1 aromatic rings. The van der Waals surface area contributed by atoms with E-state index in [0.29, 0.717) is 18.5 Å². The van der Waals surface area contributed by atoms with E-state index in [1.54, 1.807) is 14.2 Å². The maximum atomic E-state index is 13.4. The molecule has 0 radical (unpaired) electrons. The minimum absolute atomic E-state index is 0.00211. The SMILES string of the molecule is CNCc1ccc(F)cc1S(=O)(=O)NC1CCC(OC)C1. The summed E-state index contributed by atoms with van der Waals surface area (Å²) in [4.78, 5) is -0.00211. The number of sulfonamides is 1. The van der Waals surface area contributed by atoms with Crippen molar-refractivity contribution >= 4 is 10.0 Å². The lowest BCUT2D eigenvalue weighted by Crippen LogP contribution is -2.34. The molecule has 1 aliphatic carbocycles. The molecule has 0 saturated heterocycles. The number of ether oxygens (including phenoxy) is 1. The molecule has 0 aromatic heterocycles. The molecule has 1 saturated carbocycles. The van der Waals surface area contributed by atoms with E-state index in [1.165, 1.54) is 12.1 Å². The molecule has 0 bridgehead atoms. The highest BCUT2D eigenvalue weighted by Crippen LogP contribution is 2.24. The second-order valence-corrected chi connectivity index (χ2v) is 6.95. The van der Waals surface area contributed by atoms with Gasteiger partial charge in [-0.1, -0.05) is 6.07 Å². The molecule has 0 amide bonds. The van der Waals surface area contributed by atoms with Crippen molar-refractivity contribution in [1.29, 1.82) is 0 Å². The molecule has 2 rings (SSSR count). The van der Waals surface area contributed by atoms with Crippen LogP contribution in [0.5, 0.6) is 0 Å². The summed E-state index contributed by atoms with van der Waals surface area (Å²) >= 11 is 0. The Morgan fingerprint density at radius 2 is 2.14 bits per heavy atom. The zero-order valence-electron chi connectivity index (χ0n) is 12.2. The van der Waals surface area contributed by atoms with Crippen LogP contribution in [0, 0.1) is 5.82 Å². The highest BCUT2D eigenvalue weighted by atomic mass is 32.2. The van der Waals surface area contributed by atoms with Gasteiger partial charge >= 0.3 is 0 Å². The highest BCUT2D eigenvalue weighted by Gasteiger charge is 2.29. The molecular weight excluding hydrogens is 295 g/mol. The standard InChI is InChI=1S/C14H21FN2O3S/c1-16-9-10-3-4-11(15)7-14(10)21(18,19)17-12-5-6-13(8-12)20-2/h3-4,7,12-13,16-17H,5-6,8-9H2,1-2H3. The summed E-state index contributed by atoms with van der Waals surface area (Å²) in [6, 6.07) is 3.66. The van der Waals surface area contributed by atoms with Gasteiger partial charge in [-0.15, -0.1) is 0 Å². The summed E-state index contributed by atoms with van der Waals surface area (Å²) in [5.74, 6) is -0.559. The van der Waals surface area contributed by atoms with Crippen molar-refractivity contribution in [2.75, 3.05) is 14.2 Å². The average Bonchev–Trinajstić information content (AvgIpc) is 2.88. The average molecular weight is 316 g/mol. The molecule has 0 aliphatic heterocycles. The van der Waals surface area contributed by atoms with E-state index in [0.717, 1.165) is 18.9 Å². The quantitative estimate of drug-likeness (QED) is 0.832. The summed E-state index contributed by atoms with van der Waals surface area (Å²) in [5.41, 5.74) is 0.549. The summed E-state index contributed by atoms with van der Waals surface area (Å²) in [5, 5.41) is 2.89. The Bertz CT molecular complexity index is 592. The lowest BCUT2D eigenvalue weighted by Gasteiger charge is -2.16. The Labute approximate surface area is 124 Å². The first-order chi connectivity index (χ1) is 9.96. The fourth-order valence-electron chi connectivity index (χ4n) is 2.66. The van der Waals surface area contributed by atoms with Gasteiger partial charge in [-0.05, 0) is 44.0 Å². The smallest absolute Gasteiger partial charge is 0.241 e. The van der Waals surface area contributed by atoms with Crippen molar-refractivity contribution in [3.63, 3.8) is 0 Å². The molecule has 2 N–H and O–H groups in total. The van der Waals surface area contributed by atoms with Gasteiger partial charge in [0.2, 0.25) is 10.0 Å². The maximum Gasteiger partial charge on any atom is 0.241 e. The van der Waals surface area contributed by atoms with Gasteiger partial charge in [-0.2, -0.15) is 0 Å². The third-order valence-electron chi connectivity index (χ3n) is 3.73. The first-order valence-electron chi connectivity index (χ1n) is 6.94. The Kier molecular flexibility index (Phi) is 5.32. The van der Waals surface area contributed by atoms with Gasteiger partial charge in [0.25, 0.3) is 0 Å². The fourth-order valence-corrected chi connectivity index (χ4v) is 4.19. The zero-order valence-corrected chi connectivity index (χ0v) is 13.0. The molecular formula is C14H21FN2O3S. The fraction of sp³-hybridized carbons (Fsp3) is 0.571. The maximum absolute atomic E-state index is 13.4. The van der Waals surface area contributed by atoms with Crippen LogP contribution in [0.2, 0.25) is 0 Å². The molecule has 118 valence electrons. The van der Waals surface area contributed by atoms with Crippen LogP contribution in [0.3, 0.4) is 0 Å². The molecule has 1 fully saturated rings. The lowest BCUT2D eigenvalue weighted by atomic mass is 10.2. The highest BCUT2D eigenvalue weighted by molar-refractivity contribution is 7.89. The lowest BCUT2D eigenvalue weighted by molar-refractivity contribution is 0.107.